The number of aromatic nitrogens is 1. The molecule has 3 aromatic carbocycles. The minimum Gasteiger partial charge on any atom is -0.341 e. The Hall–Kier alpha value is -3.35. The van der Waals surface area contributed by atoms with E-state index in [0.717, 1.165) is 53.2 Å². The summed E-state index contributed by atoms with van der Waals surface area (Å²) in [7, 11) is 0. The predicted octanol–water partition coefficient (Wildman–Crippen LogP) is 7.70. The number of amides is 1. The third-order valence-corrected chi connectivity index (χ3v) is 7.46. The fourth-order valence-electron chi connectivity index (χ4n) is 4.93. The first-order valence-electron chi connectivity index (χ1n) is 12.4. The van der Waals surface area contributed by atoms with Crippen molar-refractivity contribution in [2.24, 2.45) is 5.16 Å². The summed E-state index contributed by atoms with van der Waals surface area (Å²) in [6, 6.07) is 16.6. The molecule has 0 radical (unpaired) electrons. The number of nitrogens with zero attached hydrogens (tertiary/aromatic N) is 3. The van der Waals surface area contributed by atoms with Crippen LogP contribution in [0.4, 0.5) is 4.79 Å². The van der Waals surface area contributed by atoms with Gasteiger partial charge in [-0.25, -0.2) is 4.79 Å². The summed E-state index contributed by atoms with van der Waals surface area (Å²) in [5.74, 6) is -0.167. The largest absolute Gasteiger partial charge is 0.435 e. The first-order valence-corrected chi connectivity index (χ1v) is 13.2. The van der Waals surface area contributed by atoms with Gasteiger partial charge in [-0.2, -0.15) is 0 Å². The molecular formula is C29H27Cl2N3O3. The van der Waals surface area contributed by atoms with Crippen LogP contribution in [-0.4, -0.2) is 40.1 Å². The first-order chi connectivity index (χ1) is 17.9. The summed E-state index contributed by atoms with van der Waals surface area (Å²) in [5.41, 5.74) is 4.46. The molecule has 0 N–H and O–H groups in total. The van der Waals surface area contributed by atoms with Gasteiger partial charge in [-0.1, -0.05) is 34.4 Å². The Morgan fingerprint density at radius 2 is 1.54 bits per heavy atom. The molecule has 8 heteroatoms. The Morgan fingerprint density at radius 3 is 2.19 bits per heavy atom. The van der Waals surface area contributed by atoms with Crippen molar-refractivity contribution < 1.29 is 14.4 Å². The number of fused-ring (bicyclic) bond motifs is 3. The van der Waals surface area contributed by atoms with Gasteiger partial charge in [-0.15, -0.1) is 0 Å². The summed E-state index contributed by atoms with van der Waals surface area (Å²) in [6.07, 6.45) is 2.71. The normalized spacial score (nSPS) is 14.4. The molecule has 0 aliphatic carbocycles. The van der Waals surface area contributed by atoms with Gasteiger partial charge < -0.3 is 9.47 Å². The second-order valence-electron chi connectivity index (χ2n) is 9.24. The molecule has 5 rings (SSSR count). The van der Waals surface area contributed by atoms with E-state index in [4.69, 9.17) is 28.0 Å². The SMILES string of the molecule is CCn1c2ccc(C(=O)c3ccc(Cl)cc3Cl)cc2c2cc(C(C)=NOC(=O)N3CCCCC3)ccc21. The van der Waals surface area contributed by atoms with Gasteiger partial charge in [0, 0.05) is 57.6 Å². The molecule has 0 unspecified atom stereocenters. The molecule has 0 bridgehead atoms. The van der Waals surface area contributed by atoms with Crippen molar-refractivity contribution in [2.75, 3.05) is 13.1 Å². The number of ketones is 1. The Balaban J connectivity index is 1.51. The van der Waals surface area contributed by atoms with E-state index in [1.165, 1.54) is 0 Å². The number of halogens is 2. The highest BCUT2D eigenvalue weighted by Gasteiger charge is 2.19. The Bertz CT molecular complexity index is 1550. The zero-order valence-corrected chi connectivity index (χ0v) is 22.3. The Labute approximate surface area is 225 Å². The Kier molecular flexibility index (Phi) is 7.22. The van der Waals surface area contributed by atoms with Gasteiger partial charge in [0.2, 0.25) is 0 Å². The molecule has 0 spiro atoms. The summed E-state index contributed by atoms with van der Waals surface area (Å²) in [4.78, 5) is 32.6. The topological polar surface area (TPSA) is 63.9 Å². The molecule has 1 fully saturated rings. The van der Waals surface area contributed by atoms with Crippen LogP contribution in [0.2, 0.25) is 10.0 Å². The minimum atomic E-state index is -0.410. The summed E-state index contributed by atoms with van der Waals surface area (Å²) >= 11 is 12.3. The number of rotatable bonds is 5. The number of piperidine rings is 1. The number of hydrogen-bond acceptors (Lipinski definition) is 4. The lowest BCUT2D eigenvalue weighted by Crippen LogP contribution is -2.35. The van der Waals surface area contributed by atoms with E-state index in [9.17, 15) is 9.59 Å². The van der Waals surface area contributed by atoms with Crippen molar-refractivity contribution in [2.45, 2.75) is 39.7 Å². The highest BCUT2D eigenvalue weighted by atomic mass is 35.5. The van der Waals surface area contributed by atoms with Crippen LogP contribution in [0.15, 0.2) is 59.8 Å². The molecule has 1 aromatic heterocycles. The highest BCUT2D eigenvalue weighted by Crippen LogP contribution is 2.32. The molecule has 1 aliphatic heterocycles. The van der Waals surface area contributed by atoms with Gasteiger partial charge in [0.25, 0.3) is 0 Å². The van der Waals surface area contributed by atoms with Crippen molar-refractivity contribution in [1.29, 1.82) is 0 Å². The van der Waals surface area contributed by atoms with E-state index < -0.39 is 6.09 Å². The molecule has 2 heterocycles. The van der Waals surface area contributed by atoms with Gasteiger partial charge in [-0.3, -0.25) is 9.63 Å². The van der Waals surface area contributed by atoms with Crippen LogP contribution in [0.5, 0.6) is 0 Å². The van der Waals surface area contributed by atoms with Crippen LogP contribution in [-0.2, 0) is 11.4 Å². The lowest BCUT2D eigenvalue weighted by atomic mass is 10.0. The fourth-order valence-corrected chi connectivity index (χ4v) is 5.43. The van der Waals surface area contributed by atoms with Crippen LogP contribution in [0.1, 0.15) is 54.6 Å². The smallest absolute Gasteiger partial charge is 0.341 e. The quantitative estimate of drug-likeness (QED) is 0.114. The van der Waals surface area contributed by atoms with Crippen LogP contribution in [0.25, 0.3) is 21.8 Å². The fraction of sp³-hybridized carbons (Fsp3) is 0.276. The molecule has 1 saturated heterocycles. The predicted molar refractivity (Wildman–Crippen MR) is 149 cm³/mol. The number of carbonyl (C=O) groups is 2. The molecule has 37 heavy (non-hydrogen) atoms. The average molecular weight is 536 g/mol. The standard InChI is InChI=1S/C29H27Cl2N3O3/c1-3-34-26-11-7-19(18(2)32-37-29(36)33-13-5-4-6-14-33)15-23(26)24-16-20(8-12-27(24)34)28(35)22-10-9-21(30)17-25(22)31/h7-12,15-17H,3-6,13-14H2,1-2H3. The van der Waals surface area contributed by atoms with E-state index in [2.05, 4.69) is 16.6 Å². The summed E-state index contributed by atoms with van der Waals surface area (Å²) in [6.45, 7) is 6.10. The molecule has 190 valence electrons. The van der Waals surface area contributed by atoms with Gasteiger partial charge >= 0.3 is 6.09 Å². The number of benzene rings is 3. The molecular weight excluding hydrogens is 509 g/mol. The minimum absolute atomic E-state index is 0.167. The number of oxime groups is 1. The molecule has 0 saturated carbocycles. The molecule has 0 atom stereocenters. The van der Waals surface area contributed by atoms with E-state index >= 15 is 0 Å². The zero-order chi connectivity index (χ0) is 26.1. The van der Waals surface area contributed by atoms with Crippen molar-refractivity contribution >= 4 is 62.6 Å². The molecule has 4 aromatic rings. The van der Waals surface area contributed by atoms with Crippen molar-refractivity contribution in [3.8, 4) is 0 Å². The monoisotopic (exact) mass is 535 g/mol. The van der Waals surface area contributed by atoms with Crippen LogP contribution < -0.4 is 0 Å². The maximum atomic E-state index is 13.3. The van der Waals surface area contributed by atoms with E-state index in [1.54, 1.807) is 23.1 Å². The van der Waals surface area contributed by atoms with Crippen LogP contribution in [0.3, 0.4) is 0 Å². The highest BCUT2D eigenvalue weighted by molar-refractivity contribution is 6.37. The van der Waals surface area contributed by atoms with Crippen molar-refractivity contribution in [3.63, 3.8) is 0 Å². The van der Waals surface area contributed by atoms with E-state index in [-0.39, 0.29) is 5.78 Å². The maximum absolute atomic E-state index is 13.3. The lowest BCUT2D eigenvalue weighted by Gasteiger charge is -2.24. The molecule has 6 nitrogen and oxygen atoms in total. The number of carbonyl (C=O) groups excluding carboxylic acids is 2. The number of likely N-dealkylation sites (tertiary alicyclic amines) is 1. The van der Waals surface area contributed by atoms with Gasteiger partial charge in [0.15, 0.2) is 5.78 Å². The third kappa shape index (κ3) is 4.96. The zero-order valence-electron chi connectivity index (χ0n) is 20.8. The lowest BCUT2D eigenvalue weighted by molar-refractivity contribution is 0.0981. The summed E-state index contributed by atoms with van der Waals surface area (Å²) < 4.78 is 2.21. The van der Waals surface area contributed by atoms with E-state index in [0.29, 0.717) is 40.0 Å². The van der Waals surface area contributed by atoms with Gasteiger partial charge in [0.1, 0.15) is 0 Å². The first kappa shape index (κ1) is 25.3. The van der Waals surface area contributed by atoms with Crippen LogP contribution >= 0.6 is 23.2 Å². The summed E-state index contributed by atoms with van der Waals surface area (Å²) in [5, 5.41) is 6.87. The molecule has 1 amide bonds. The number of hydrogen-bond donors (Lipinski definition) is 0. The average Bonchev–Trinajstić information content (AvgIpc) is 3.23. The second-order valence-corrected chi connectivity index (χ2v) is 10.1. The Morgan fingerprint density at radius 1 is 0.892 bits per heavy atom. The maximum Gasteiger partial charge on any atom is 0.435 e. The van der Waals surface area contributed by atoms with Crippen molar-refractivity contribution in [1.82, 2.24) is 9.47 Å². The van der Waals surface area contributed by atoms with Crippen LogP contribution in [0, 0.1) is 0 Å². The molecule has 1 aliphatic rings. The van der Waals surface area contributed by atoms with Gasteiger partial charge in [-0.05, 0) is 87.2 Å². The van der Waals surface area contributed by atoms with E-state index in [1.807, 2.05) is 43.3 Å². The number of aryl methyl sites for hydroxylation is 1. The van der Waals surface area contributed by atoms with Crippen molar-refractivity contribution in [3.05, 3.63) is 81.3 Å². The van der Waals surface area contributed by atoms with Gasteiger partial charge in [0.05, 0.1) is 10.7 Å². The second kappa shape index (κ2) is 10.6. The third-order valence-electron chi connectivity index (χ3n) is 6.91.